The zero-order valence-corrected chi connectivity index (χ0v) is 10.3. The SMILES string of the molecule is CCOC1(C(=O)c2ccn(C)n2)CCOCC1. The summed E-state index contributed by atoms with van der Waals surface area (Å²) >= 11 is 0. The predicted molar refractivity (Wildman–Crippen MR) is 61.9 cm³/mol. The maximum Gasteiger partial charge on any atom is 0.214 e. The summed E-state index contributed by atoms with van der Waals surface area (Å²) in [6.45, 7) is 3.57. The summed E-state index contributed by atoms with van der Waals surface area (Å²) in [7, 11) is 1.80. The number of nitrogens with zero attached hydrogens (tertiary/aromatic N) is 2. The van der Waals surface area contributed by atoms with E-state index in [9.17, 15) is 4.79 Å². The highest BCUT2D eigenvalue weighted by molar-refractivity contribution is 6.01. The molecule has 94 valence electrons. The van der Waals surface area contributed by atoms with Crippen molar-refractivity contribution in [2.45, 2.75) is 25.4 Å². The monoisotopic (exact) mass is 238 g/mol. The Labute approximate surface area is 101 Å². The summed E-state index contributed by atoms with van der Waals surface area (Å²) in [5, 5.41) is 4.16. The summed E-state index contributed by atoms with van der Waals surface area (Å²) in [6.07, 6.45) is 2.98. The summed E-state index contributed by atoms with van der Waals surface area (Å²) < 4.78 is 12.7. The van der Waals surface area contributed by atoms with E-state index in [0.717, 1.165) is 0 Å². The Morgan fingerprint density at radius 2 is 2.29 bits per heavy atom. The lowest BCUT2D eigenvalue weighted by Gasteiger charge is -2.34. The van der Waals surface area contributed by atoms with E-state index in [2.05, 4.69) is 5.10 Å². The molecule has 2 heterocycles. The Morgan fingerprint density at radius 1 is 1.59 bits per heavy atom. The Bertz CT molecular complexity index is 389. The maximum absolute atomic E-state index is 12.5. The first-order valence-corrected chi connectivity index (χ1v) is 5.94. The molecule has 0 radical (unpaired) electrons. The van der Waals surface area contributed by atoms with Crippen molar-refractivity contribution in [1.82, 2.24) is 9.78 Å². The second-order valence-electron chi connectivity index (χ2n) is 4.24. The van der Waals surface area contributed by atoms with Crippen LogP contribution in [0.2, 0.25) is 0 Å². The van der Waals surface area contributed by atoms with E-state index < -0.39 is 5.60 Å². The van der Waals surface area contributed by atoms with Crippen LogP contribution < -0.4 is 0 Å². The van der Waals surface area contributed by atoms with Crippen molar-refractivity contribution in [1.29, 1.82) is 0 Å². The molecule has 5 heteroatoms. The molecule has 0 N–H and O–H groups in total. The van der Waals surface area contributed by atoms with Gasteiger partial charge in [0, 0.05) is 45.9 Å². The van der Waals surface area contributed by atoms with Crippen molar-refractivity contribution >= 4 is 5.78 Å². The summed E-state index contributed by atoms with van der Waals surface area (Å²) in [6, 6.07) is 1.73. The van der Waals surface area contributed by atoms with Crippen LogP contribution in [0.4, 0.5) is 0 Å². The minimum Gasteiger partial charge on any atom is -0.381 e. The third-order valence-corrected chi connectivity index (χ3v) is 3.08. The zero-order chi connectivity index (χ0) is 12.3. The van der Waals surface area contributed by atoms with Crippen molar-refractivity contribution in [3.8, 4) is 0 Å². The van der Waals surface area contributed by atoms with Gasteiger partial charge >= 0.3 is 0 Å². The van der Waals surface area contributed by atoms with Gasteiger partial charge in [0.25, 0.3) is 0 Å². The summed E-state index contributed by atoms with van der Waals surface area (Å²) in [5.41, 5.74) is -0.260. The Kier molecular flexibility index (Phi) is 3.59. The third-order valence-electron chi connectivity index (χ3n) is 3.08. The van der Waals surface area contributed by atoms with Gasteiger partial charge in [0.05, 0.1) is 0 Å². The second kappa shape index (κ2) is 4.98. The first-order chi connectivity index (χ1) is 8.18. The molecule has 0 atom stereocenters. The quantitative estimate of drug-likeness (QED) is 0.739. The van der Waals surface area contributed by atoms with Crippen LogP contribution in [-0.2, 0) is 16.5 Å². The molecule has 1 aliphatic heterocycles. The van der Waals surface area contributed by atoms with Crippen LogP contribution in [0, 0.1) is 0 Å². The Balaban J connectivity index is 2.23. The summed E-state index contributed by atoms with van der Waals surface area (Å²) in [4.78, 5) is 12.5. The molecular weight excluding hydrogens is 220 g/mol. The fourth-order valence-electron chi connectivity index (χ4n) is 2.18. The number of ether oxygens (including phenoxy) is 2. The van der Waals surface area contributed by atoms with Crippen molar-refractivity contribution in [2.75, 3.05) is 19.8 Å². The van der Waals surface area contributed by atoms with Gasteiger partial charge in [0.2, 0.25) is 5.78 Å². The van der Waals surface area contributed by atoms with Crippen LogP contribution in [0.15, 0.2) is 12.3 Å². The average Bonchev–Trinajstić information content (AvgIpc) is 2.76. The minimum absolute atomic E-state index is 0.0248. The highest BCUT2D eigenvalue weighted by Crippen LogP contribution is 2.28. The van der Waals surface area contributed by atoms with Crippen LogP contribution in [0.1, 0.15) is 30.3 Å². The molecule has 0 spiro atoms. The van der Waals surface area contributed by atoms with Gasteiger partial charge in [-0.05, 0) is 13.0 Å². The molecule has 5 nitrogen and oxygen atoms in total. The van der Waals surface area contributed by atoms with Crippen LogP contribution in [0.3, 0.4) is 0 Å². The molecule has 17 heavy (non-hydrogen) atoms. The number of Topliss-reactive ketones (excluding diaryl/α,β-unsaturated/α-hetero) is 1. The molecule has 1 aromatic heterocycles. The normalized spacial score (nSPS) is 19.2. The molecule has 0 amide bonds. The van der Waals surface area contributed by atoms with E-state index >= 15 is 0 Å². The largest absolute Gasteiger partial charge is 0.381 e. The molecule has 1 fully saturated rings. The third kappa shape index (κ3) is 2.40. The fourth-order valence-corrected chi connectivity index (χ4v) is 2.18. The van der Waals surface area contributed by atoms with E-state index in [4.69, 9.17) is 9.47 Å². The van der Waals surface area contributed by atoms with Gasteiger partial charge in [0.1, 0.15) is 11.3 Å². The zero-order valence-electron chi connectivity index (χ0n) is 10.3. The van der Waals surface area contributed by atoms with E-state index in [1.165, 1.54) is 0 Å². The minimum atomic E-state index is -0.735. The van der Waals surface area contributed by atoms with Gasteiger partial charge in [-0.1, -0.05) is 0 Å². The van der Waals surface area contributed by atoms with Gasteiger partial charge in [-0.3, -0.25) is 9.48 Å². The van der Waals surface area contributed by atoms with Crippen molar-refractivity contribution in [3.05, 3.63) is 18.0 Å². The molecule has 0 saturated carbocycles. The standard InChI is InChI=1S/C12H18N2O3/c1-3-17-12(5-8-16-9-6-12)11(15)10-4-7-14(2)13-10/h4,7H,3,5-6,8-9H2,1-2H3. The van der Waals surface area contributed by atoms with E-state index in [0.29, 0.717) is 38.4 Å². The fraction of sp³-hybridized carbons (Fsp3) is 0.667. The Hall–Kier alpha value is -1.20. The van der Waals surface area contributed by atoms with Crippen molar-refractivity contribution < 1.29 is 14.3 Å². The molecule has 1 aromatic rings. The van der Waals surface area contributed by atoms with Gasteiger partial charge < -0.3 is 9.47 Å². The van der Waals surface area contributed by atoms with Crippen LogP contribution in [-0.4, -0.2) is 41.0 Å². The highest BCUT2D eigenvalue weighted by Gasteiger charge is 2.42. The first-order valence-electron chi connectivity index (χ1n) is 5.94. The number of hydrogen-bond acceptors (Lipinski definition) is 4. The number of carbonyl (C=O) groups excluding carboxylic acids is 1. The number of ketones is 1. The number of hydrogen-bond donors (Lipinski definition) is 0. The van der Waals surface area contributed by atoms with Crippen molar-refractivity contribution in [2.24, 2.45) is 7.05 Å². The highest BCUT2D eigenvalue weighted by atomic mass is 16.5. The first kappa shape index (κ1) is 12.3. The van der Waals surface area contributed by atoms with E-state index in [-0.39, 0.29) is 5.78 Å². The lowest BCUT2D eigenvalue weighted by Crippen LogP contribution is -2.46. The van der Waals surface area contributed by atoms with Crippen LogP contribution >= 0.6 is 0 Å². The Morgan fingerprint density at radius 3 is 2.82 bits per heavy atom. The van der Waals surface area contributed by atoms with Gasteiger partial charge in [-0.15, -0.1) is 0 Å². The van der Waals surface area contributed by atoms with Crippen molar-refractivity contribution in [3.63, 3.8) is 0 Å². The number of rotatable bonds is 4. The van der Waals surface area contributed by atoms with Gasteiger partial charge in [-0.2, -0.15) is 5.10 Å². The van der Waals surface area contributed by atoms with Gasteiger partial charge in [-0.25, -0.2) is 0 Å². The average molecular weight is 238 g/mol. The number of aromatic nitrogens is 2. The molecule has 2 rings (SSSR count). The predicted octanol–water partition coefficient (Wildman–Crippen LogP) is 1.19. The molecule has 0 aromatic carbocycles. The summed E-state index contributed by atoms with van der Waals surface area (Å²) in [5.74, 6) is -0.0248. The van der Waals surface area contributed by atoms with E-state index in [1.807, 2.05) is 6.92 Å². The lowest BCUT2D eigenvalue weighted by atomic mass is 9.87. The maximum atomic E-state index is 12.5. The smallest absolute Gasteiger partial charge is 0.214 e. The van der Waals surface area contributed by atoms with Crippen LogP contribution in [0.25, 0.3) is 0 Å². The lowest BCUT2D eigenvalue weighted by molar-refractivity contribution is -0.0824. The second-order valence-corrected chi connectivity index (χ2v) is 4.24. The van der Waals surface area contributed by atoms with E-state index in [1.54, 1.807) is 24.0 Å². The molecule has 0 aliphatic carbocycles. The molecule has 0 unspecified atom stereocenters. The molecule has 0 bridgehead atoms. The van der Waals surface area contributed by atoms with Gasteiger partial charge in [0.15, 0.2) is 0 Å². The number of carbonyl (C=O) groups is 1. The topological polar surface area (TPSA) is 53.4 Å². The van der Waals surface area contributed by atoms with Crippen LogP contribution in [0.5, 0.6) is 0 Å². The molecule has 1 saturated heterocycles. The molecule has 1 aliphatic rings. The molecular formula is C12H18N2O3. The number of aryl methyl sites for hydroxylation is 1.